The summed E-state index contributed by atoms with van der Waals surface area (Å²) in [4.78, 5) is 27.5. The van der Waals surface area contributed by atoms with Gasteiger partial charge in [0.1, 0.15) is 5.75 Å². The SMILES string of the molecule is O=C(O)c1ccc(Oc2c[nH]c(=O)cn2)cc1. The molecule has 1 heterocycles. The summed E-state index contributed by atoms with van der Waals surface area (Å²) in [7, 11) is 0. The van der Waals surface area contributed by atoms with Gasteiger partial charge in [-0.2, -0.15) is 0 Å². The Kier molecular flexibility index (Phi) is 2.87. The normalized spacial score (nSPS) is 9.88. The van der Waals surface area contributed by atoms with Gasteiger partial charge in [0, 0.05) is 0 Å². The van der Waals surface area contributed by atoms with Crippen LogP contribution in [0.2, 0.25) is 0 Å². The van der Waals surface area contributed by atoms with Gasteiger partial charge >= 0.3 is 5.97 Å². The first-order chi connectivity index (χ1) is 8.15. The summed E-state index contributed by atoms with van der Waals surface area (Å²) in [6.45, 7) is 0. The molecular formula is C11H8N2O4. The maximum atomic E-state index is 10.8. The molecule has 2 N–H and O–H groups in total. The van der Waals surface area contributed by atoms with E-state index in [0.29, 0.717) is 5.75 Å². The Morgan fingerprint density at radius 3 is 2.53 bits per heavy atom. The number of ether oxygens (including phenoxy) is 1. The van der Waals surface area contributed by atoms with Crippen molar-refractivity contribution in [1.29, 1.82) is 0 Å². The Balaban J connectivity index is 2.16. The topological polar surface area (TPSA) is 92.3 Å². The number of rotatable bonds is 3. The van der Waals surface area contributed by atoms with Crippen LogP contribution in [0, 0.1) is 0 Å². The molecule has 0 amide bonds. The highest BCUT2D eigenvalue weighted by Gasteiger charge is 2.03. The summed E-state index contributed by atoms with van der Waals surface area (Å²) >= 11 is 0. The molecule has 0 aliphatic rings. The van der Waals surface area contributed by atoms with E-state index >= 15 is 0 Å². The number of aromatic carboxylic acids is 1. The Labute approximate surface area is 95.5 Å². The number of nitrogens with one attached hydrogen (secondary N) is 1. The van der Waals surface area contributed by atoms with E-state index < -0.39 is 5.97 Å². The molecule has 6 nitrogen and oxygen atoms in total. The molecular weight excluding hydrogens is 224 g/mol. The van der Waals surface area contributed by atoms with Gasteiger partial charge in [0.15, 0.2) is 0 Å². The number of aromatic nitrogens is 2. The van der Waals surface area contributed by atoms with Crippen molar-refractivity contribution < 1.29 is 14.6 Å². The maximum Gasteiger partial charge on any atom is 0.335 e. The number of carboxylic acid groups (broad SMARTS) is 1. The summed E-state index contributed by atoms with van der Waals surface area (Å²) < 4.78 is 5.29. The number of hydrogen-bond donors (Lipinski definition) is 2. The Bertz CT molecular complexity index is 569. The van der Waals surface area contributed by atoms with Crippen LogP contribution in [-0.4, -0.2) is 21.0 Å². The summed E-state index contributed by atoms with van der Waals surface area (Å²) in [5, 5.41) is 8.70. The lowest BCUT2D eigenvalue weighted by Gasteiger charge is -2.03. The maximum absolute atomic E-state index is 10.8. The minimum absolute atomic E-state index is 0.173. The molecule has 86 valence electrons. The van der Waals surface area contributed by atoms with Crippen LogP contribution in [0.25, 0.3) is 0 Å². The minimum Gasteiger partial charge on any atom is -0.478 e. The molecule has 0 atom stereocenters. The standard InChI is InChI=1S/C11H8N2O4/c14-9-5-13-10(6-12-9)17-8-3-1-7(2-4-8)11(15)16/h1-6H,(H,12,14)(H,15,16). The largest absolute Gasteiger partial charge is 0.478 e. The number of aromatic amines is 1. The first-order valence-electron chi connectivity index (χ1n) is 4.71. The number of nitrogens with zero attached hydrogens (tertiary/aromatic N) is 1. The van der Waals surface area contributed by atoms with E-state index in [2.05, 4.69) is 9.97 Å². The molecule has 2 rings (SSSR count). The molecule has 0 aliphatic carbocycles. The van der Waals surface area contributed by atoms with Gasteiger partial charge in [0.2, 0.25) is 5.88 Å². The Hall–Kier alpha value is -2.63. The Morgan fingerprint density at radius 1 is 1.29 bits per heavy atom. The molecule has 0 radical (unpaired) electrons. The van der Waals surface area contributed by atoms with Crippen LogP contribution < -0.4 is 10.3 Å². The van der Waals surface area contributed by atoms with E-state index in [1.807, 2.05) is 0 Å². The average molecular weight is 232 g/mol. The predicted molar refractivity (Wildman–Crippen MR) is 58.3 cm³/mol. The number of H-pyrrole nitrogens is 1. The van der Waals surface area contributed by atoms with Crippen molar-refractivity contribution in [3.05, 3.63) is 52.6 Å². The molecule has 0 spiro atoms. The molecule has 0 aliphatic heterocycles. The predicted octanol–water partition coefficient (Wildman–Crippen LogP) is 1.26. The highest BCUT2D eigenvalue weighted by Crippen LogP contribution is 2.18. The molecule has 0 unspecified atom stereocenters. The van der Waals surface area contributed by atoms with Crippen LogP contribution in [0.1, 0.15) is 10.4 Å². The zero-order chi connectivity index (χ0) is 12.3. The summed E-state index contributed by atoms with van der Waals surface area (Å²) in [5.74, 6) is -0.332. The third kappa shape index (κ3) is 2.69. The van der Waals surface area contributed by atoms with Gasteiger partial charge in [0.25, 0.3) is 5.56 Å². The first-order valence-corrected chi connectivity index (χ1v) is 4.71. The lowest BCUT2D eigenvalue weighted by molar-refractivity contribution is 0.0697. The molecule has 6 heteroatoms. The number of hydrogen-bond acceptors (Lipinski definition) is 4. The van der Waals surface area contributed by atoms with E-state index in [1.165, 1.54) is 30.5 Å². The monoisotopic (exact) mass is 232 g/mol. The van der Waals surface area contributed by atoms with Crippen LogP contribution in [0.3, 0.4) is 0 Å². The molecule has 2 aromatic rings. The quantitative estimate of drug-likeness (QED) is 0.831. The van der Waals surface area contributed by atoms with Crippen LogP contribution in [-0.2, 0) is 0 Å². The van der Waals surface area contributed by atoms with Gasteiger partial charge in [-0.15, -0.1) is 0 Å². The third-order valence-corrected chi connectivity index (χ3v) is 1.97. The summed E-state index contributed by atoms with van der Waals surface area (Å²) in [5.41, 5.74) is -0.148. The van der Waals surface area contributed by atoms with E-state index in [-0.39, 0.29) is 17.0 Å². The van der Waals surface area contributed by atoms with Crippen molar-refractivity contribution in [3.8, 4) is 11.6 Å². The Morgan fingerprint density at radius 2 is 2.00 bits per heavy atom. The smallest absolute Gasteiger partial charge is 0.335 e. The van der Waals surface area contributed by atoms with Crippen molar-refractivity contribution in [2.45, 2.75) is 0 Å². The molecule has 0 bridgehead atoms. The number of carboxylic acids is 1. The first kappa shape index (κ1) is 10.9. The van der Waals surface area contributed by atoms with Crippen LogP contribution in [0.15, 0.2) is 41.5 Å². The fraction of sp³-hybridized carbons (Fsp3) is 0. The minimum atomic E-state index is -1.00. The van der Waals surface area contributed by atoms with Gasteiger partial charge < -0.3 is 14.8 Å². The zero-order valence-corrected chi connectivity index (χ0v) is 8.58. The second-order valence-electron chi connectivity index (χ2n) is 3.18. The van der Waals surface area contributed by atoms with Crippen molar-refractivity contribution in [3.63, 3.8) is 0 Å². The van der Waals surface area contributed by atoms with Gasteiger partial charge in [-0.3, -0.25) is 4.79 Å². The van der Waals surface area contributed by atoms with Gasteiger partial charge in [-0.1, -0.05) is 0 Å². The van der Waals surface area contributed by atoms with Gasteiger partial charge in [0.05, 0.1) is 18.0 Å². The molecule has 0 saturated heterocycles. The number of benzene rings is 1. The van der Waals surface area contributed by atoms with Crippen LogP contribution in [0.4, 0.5) is 0 Å². The third-order valence-electron chi connectivity index (χ3n) is 1.97. The second-order valence-corrected chi connectivity index (χ2v) is 3.18. The molecule has 0 fully saturated rings. The van der Waals surface area contributed by atoms with Crippen molar-refractivity contribution in [1.82, 2.24) is 9.97 Å². The van der Waals surface area contributed by atoms with Gasteiger partial charge in [-0.25, -0.2) is 9.78 Å². The van der Waals surface area contributed by atoms with Gasteiger partial charge in [-0.05, 0) is 24.3 Å². The van der Waals surface area contributed by atoms with E-state index in [9.17, 15) is 9.59 Å². The van der Waals surface area contributed by atoms with Crippen LogP contribution >= 0.6 is 0 Å². The van der Waals surface area contributed by atoms with Crippen LogP contribution in [0.5, 0.6) is 11.6 Å². The zero-order valence-electron chi connectivity index (χ0n) is 8.58. The van der Waals surface area contributed by atoms with Crippen molar-refractivity contribution >= 4 is 5.97 Å². The highest BCUT2D eigenvalue weighted by molar-refractivity contribution is 5.87. The van der Waals surface area contributed by atoms with E-state index in [0.717, 1.165) is 6.20 Å². The van der Waals surface area contributed by atoms with Crippen molar-refractivity contribution in [2.75, 3.05) is 0 Å². The molecule has 0 saturated carbocycles. The summed E-state index contributed by atoms with van der Waals surface area (Å²) in [6.07, 6.45) is 2.42. The molecule has 1 aromatic heterocycles. The average Bonchev–Trinajstić information content (AvgIpc) is 2.33. The fourth-order valence-corrected chi connectivity index (χ4v) is 1.17. The van der Waals surface area contributed by atoms with E-state index in [4.69, 9.17) is 9.84 Å². The molecule has 17 heavy (non-hydrogen) atoms. The van der Waals surface area contributed by atoms with E-state index in [1.54, 1.807) is 0 Å². The number of carbonyl (C=O) groups is 1. The summed E-state index contributed by atoms with van der Waals surface area (Å²) in [6, 6.07) is 5.86. The molecule has 1 aromatic carbocycles. The highest BCUT2D eigenvalue weighted by atomic mass is 16.5. The fourth-order valence-electron chi connectivity index (χ4n) is 1.17. The lowest BCUT2D eigenvalue weighted by atomic mass is 10.2. The second kappa shape index (κ2) is 4.48. The lowest BCUT2D eigenvalue weighted by Crippen LogP contribution is -2.04. The van der Waals surface area contributed by atoms with Crippen molar-refractivity contribution in [2.24, 2.45) is 0 Å².